The van der Waals surface area contributed by atoms with E-state index in [1.807, 2.05) is 68.0 Å². The summed E-state index contributed by atoms with van der Waals surface area (Å²) in [6, 6.07) is 16.0. The second-order valence-electron chi connectivity index (χ2n) is 7.92. The van der Waals surface area contributed by atoms with Gasteiger partial charge in [-0.15, -0.1) is 0 Å². The fraction of sp³-hybridized carbons (Fsp3) is 0.292. The van der Waals surface area contributed by atoms with Crippen molar-refractivity contribution in [2.24, 2.45) is 0 Å². The van der Waals surface area contributed by atoms with Crippen LogP contribution in [-0.2, 0) is 19.5 Å². The Morgan fingerprint density at radius 2 is 1.87 bits per heavy atom. The number of aryl methyl sites for hydroxylation is 1. The maximum atomic E-state index is 13.4. The number of fused-ring (bicyclic) bond motifs is 1. The van der Waals surface area contributed by atoms with Crippen molar-refractivity contribution in [2.75, 3.05) is 20.6 Å². The molecule has 1 aromatic carbocycles. The number of hydrogen-bond acceptors (Lipinski definition) is 5. The van der Waals surface area contributed by atoms with E-state index in [9.17, 15) is 4.79 Å². The molecule has 0 bridgehead atoms. The molecule has 3 heterocycles. The van der Waals surface area contributed by atoms with Gasteiger partial charge in [-0.1, -0.05) is 41.6 Å². The molecule has 160 valence electrons. The first-order valence-corrected chi connectivity index (χ1v) is 10.4. The number of aromatic nitrogens is 3. The van der Waals surface area contributed by atoms with Crippen molar-refractivity contribution in [3.05, 3.63) is 89.2 Å². The van der Waals surface area contributed by atoms with Crippen LogP contribution < -0.4 is 0 Å². The minimum Gasteiger partial charge on any atom is -0.364 e. The Bertz CT molecular complexity index is 1150. The average Bonchev–Trinajstić information content (AvgIpc) is 3.41. The molecular formula is C24H27N5O2. The predicted octanol–water partition coefficient (Wildman–Crippen LogP) is 3.58. The van der Waals surface area contributed by atoms with Crippen molar-refractivity contribution in [1.82, 2.24) is 24.3 Å². The molecule has 0 aliphatic rings. The van der Waals surface area contributed by atoms with E-state index >= 15 is 0 Å². The molecule has 7 nitrogen and oxygen atoms in total. The number of hydrogen-bond donors (Lipinski definition) is 0. The summed E-state index contributed by atoms with van der Waals surface area (Å²) in [6.07, 6.45) is 4.34. The zero-order valence-corrected chi connectivity index (χ0v) is 18.2. The smallest absolute Gasteiger partial charge is 0.274 e. The van der Waals surface area contributed by atoms with Crippen LogP contribution in [0.4, 0.5) is 0 Å². The summed E-state index contributed by atoms with van der Waals surface area (Å²) >= 11 is 0. The third-order valence-electron chi connectivity index (χ3n) is 5.41. The van der Waals surface area contributed by atoms with Gasteiger partial charge >= 0.3 is 0 Å². The molecule has 4 aromatic rings. The summed E-state index contributed by atoms with van der Waals surface area (Å²) in [5.74, 6) is -0.0659. The van der Waals surface area contributed by atoms with Gasteiger partial charge in [0.2, 0.25) is 0 Å². The Morgan fingerprint density at radius 1 is 1.06 bits per heavy atom. The van der Waals surface area contributed by atoms with Gasteiger partial charge in [0, 0.05) is 38.9 Å². The van der Waals surface area contributed by atoms with Gasteiger partial charge < -0.3 is 13.8 Å². The van der Waals surface area contributed by atoms with E-state index in [1.165, 1.54) is 5.56 Å². The fourth-order valence-corrected chi connectivity index (χ4v) is 3.71. The molecule has 0 saturated carbocycles. The van der Waals surface area contributed by atoms with E-state index in [-0.39, 0.29) is 5.91 Å². The number of nitrogens with zero attached hydrogens (tertiary/aromatic N) is 5. The largest absolute Gasteiger partial charge is 0.364 e. The summed E-state index contributed by atoms with van der Waals surface area (Å²) in [7, 11) is 3.84. The molecule has 31 heavy (non-hydrogen) atoms. The normalized spacial score (nSPS) is 11.4. The summed E-state index contributed by atoms with van der Waals surface area (Å²) in [4.78, 5) is 22.0. The molecule has 0 saturated heterocycles. The van der Waals surface area contributed by atoms with Gasteiger partial charge in [-0.3, -0.25) is 9.69 Å². The molecule has 0 aliphatic heterocycles. The standard InChI is InChI=1S/C24H27N5O2/c1-18-8-7-13-29-21(17-27(2)16-20-12-15-31-26-20)22(25-23(18)29)24(30)28(3)14-11-19-9-5-4-6-10-19/h4-10,12-13,15H,11,14,16-17H2,1-3H3. The molecule has 0 spiro atoms. The molecule has 0 radical (unpaired) electrons. The van der Waals surface area contributed by atoms with Crippen molar-refractivity contribution in [2.45, 2.75) is 26.4 Å². The SMILES string of the molecule is Cc1cccn2c(CN(C)Cc3ccon3)c(C(=O)N(C)CCc3ccccc3)nc12. The molecule has 0 unspecified atom stereocenters. The molecule has 4 rings (SSSR count). The van der Waals surface area contributed by atoms with Gasteiger partial charge in [-0.25, -0.2) is 4.98 Å². The zero-order valence-electron chi connectivity index (χ0n) is 18.2. The number of carbonyl (C=O) groups excluding carboxylic acids is 1. The molecule has 0 aliphatic carbocycles. The van der Waals surface area contributed by atoms with E-state index in [2.05, 4.69) is 22.2 Å². The number of benzene rings is 1. The highest BCUT2D eigenvalue weighted by Crippen LogP contribution is 2.20. The number of pyridine rings is 1. The van der Waals surface area contributed by atoms with Crippen LogP contribution in [0.25, 0.3) is 5.65 Å². The molecule has 0 fully saturated rings. The van der Waals surface area contributed by atoms with Crippen LogP contribution in [0.1, 0.15) is 33.0 Å². The van der Waals surface area contributed by atoms with Crippen molar-refractivity contribution >= 4 is 11.6 Å². The van der Waals surface area contributed by atoms with E-state index < -0.39 is 0 Å². The highest BCUT2D eigenvalue weighted by Gasteiger charge is 2.23. The number of amides is 1. The summed E-state index contributed by atoms with van der Waals surface area (Å²) in [5.41, 5.74) is 5.28. The van der Waals surface area contributed by atoms with Gasteiger partial charge in [-0.05, 0) is 37.6 Å². The van der Waals surface area contributed by atoms with Crippen LogP contribution in [0, 0.1) is 6.92 Å². The van der Waals surface area contributed by atoms with Gasteiger partial charge in [0.25, 0.3) is 5.91 Å². The lowest BCUT2D eigenvalue weighted by atomic mass is 10.1. The Morgan fingerprint density at radius 3 is 2.61 bits per heavy atom. The summed E-state index contributed by atoms with van der Waals surface area (Å²) in [6.45, 7) is 3.82. The molecule has 7 heteroatoms. The lowest BCUT2D eigenvalue weighted by molar-refractivity contribution is 0.0789. The molecule has 3 aromatic heterocycles. The van der Waals surface area contributed by atoms with E-state index in [0.717, 1.165) is 29.0 Å². The van der Waals surface area contributed by atoms with E-state index in [4.69, 9.17) is 9.51 Å². The molecule has 0 atom stereocenters. The predicted molar refractivity (Wildman–Crippen MR) is 119 cm³/mol. The number of imidazole rings is 1. The van der Waals surface area contributed by atoms with Crippen molar-refractivity contribution in [3.8, 4) is 0 Å². The maximum absolute atomic E-state index is 13.4. The van der Waals surface area contributed by atoms with Crippen LogP contribution >= 0.6 is 0 Å². The maximum Gasteiger partial charge on any atom is 0.274 e. The van der Waals surface area contributed by atoms with Crippen molar-refractivity contribution in [3.63, 3.8) is 0 Å². The second-order valence-corrected chi connectivity index (χ2v) is 7.92. The summed E-state index contributed by atoms with van der Waals surface area (Å²) < 4.78 is 6.96. The monoisotopic (exact) mass is 417 g/mol. The highest BCUT2D eigenvalue weighted by molar-refractivity contribution is 5.94. The Hall–Kier alpha value is -3.45. The van der Waals surface area contributed by atoms with Crippen LogP contribution in [0.15, 0.2) is 65.5 Å². The molecular weight excluding hydrogens is 390 g/mol. The minimum absolute atomic E-state index is 0.0659. The number of rotatable bonds is 8. The number of likely N-dealkylation sites (N-methyl/N-ethyl adjacent to an activating group) is 1. The average molecular weight is 418 g/mol. The van der Waals surface area contributed by atoms with Crippen LogP contribution in [0.3, 0.4) is 0 Å². The Kier molecular flexibility index (Phi) is 6.13. The number of carbonyl (C=O) groups is 1. The third kappa shape index (κ3) is 4.67. The third-order valence-corrected chi connectivity index (χ3v) is 5.41. The quantitative estimate of drug-likeness (QED) is 0.438. The van der Waals surface area contributed by atoms with Crippen molar-refractivity contribution < 1.29 is 9.32 Å². The first-order valence-electron chi connectivity index (χ1n) is 10.4. The summed E-state index contributed by atoms with van der Waals surface area (Å²) in [5, 5.41) is 3.99. The molecule has 1 amide bonds. The second kappa shape index (κ2) is 9.14. The topological polar surface area (TPSA) is 66.9 Å². The van der Waals surface area contributed by atoms with Gasteiger partial charge in [0.15, 0.2) is 5.69 Å². The van der Waals surface area contributed by atoms with Crippen LogP contribution in [-0.4, -0.2) is 50.9 Å². The Labute approximate surface area is 181 Å². The first-order chi connectivity index (χ1) is 15.0. The van der Waals surface area contributed by atoms with E-state index in [1.54, 1.807) is 11.2 Å². The first kappa shape index (κ1) is 20.8. The lowest BCUT2D eigenvalue weighted by Gasteiger charge is -2.19. The van der Waals surface area contributed by atoms with Gasteiger partial charge in [0.1, 0.15) is 11.9 Å². The lowest BCUT2D eigenvalue weighted by Crippen LogP contribution is -2.31. The zero-order chi connectivity index (χ0) is 21.8. The molecule has 0 N–H and O–H groups in total. The highest BCUT2D eigenvalue weighted by atomic mass is 16.5. The van der Waals surface area contributed by atoms with Crippen LogP contribution in [0.2, 0.25) is 0 Å². The van der Waals surface area contributed by atoms with Crippen molar-refractivity contribution in [1.29, 1.82) is 0 Å². The van der Waals surface area contributed by atoms with Gasteiger partial charge in [0.05, 0.1) is 11.4 Å². The van der Waals surface area contributed by atoms with E-state index in [0.29, 0.717) is 25.3 Å². The van der Waals surface area contributed by atoms with Gasteiger partial charge in [-0.2, -0.15) is 0 Å². The minimum atomic E-state index is -0.0659. The van der Waals surface area contributed by atoms with Crippen LogP contribution in [0.5, 0.6) is 0 Å². The fourth-order valence-electron chi connectivity index (χ4n) is 3.71. The Balaban J connectivity index is 1.58.